The first kappa shape index (κ1) is 9.82. The van der Waals surface area contributed by atoms with Crippen LogP contribution in [0.4, 0.5) is 0 Å². The average molecular weight is 160 g/mol. The van der Waals surface area contributed by atoms with Gasteiger partial charge in [0.2, 0.25) is 0 Å². The maximum Gasteiger partial charge on any atom is 0.307 e. The Morgan fingerprint density at radius 1 is 1.60 bits per heavy atom. The van der Waals surface area contributed by atoms with Gasteiger partial charge in [-0.1, -0.05) is 6.92 Å². The van der Waals surface area contributed by atoms with E-state index < -0.39 is 0 Å². The number of carbonyl (C=O) groups excluding carboxylic acids is 1. The highest BCUT2D eigenvalue weighted by atomic mass is 32.2. The van der Waals surface area contributed by atoms with Gasteiger partial charge in [0.15, 0.2) is 0 Å². The zero-order chi connectivity index (χ0) is 7.82. The van der Waals surface area contributed by atoms with E-state index in [9.17, 15) is 4.79 Å². The van der Waals surface area contributed by atoms with Crippen LogP contribution in [0.5, 0.6) is 0 Å². The molecule has 0 aliphatic carbocycles. The van der Waals surface area contributed by atoms with Gasteiger partial charge in [-0.25, -0.2) is 0 Å². The van der Waals surface area contributed by atoms with E-state index in [1.807, 2.05) is 12.7 Å². The lowest BCUT2D eigenvalue weighted by molar-refractivity contribution is -0.139. The number of esters is 1. The number of ether oxygens (including phenoxy) is 1. The summed E-state index contributed by atoms with van der Waals surface area (Å²) in [5, 5.41) is 0. The van der Waals surface area contributed by atoms with Crippen LogP contribution in [-0.2, 0) is 9.53 Å². The molecule has 0 heterocycles. The topological polar surface area (TPSA) is 26.3 Å². The van der Waals surface area contributed by atoms with Crippen LogP contribution < -0.4 is 0 Å². The first-order chi connectivity index (χ1) is 4.81. The molecule has 2 radical (unpaired) electrons. The molecule has 0 atom stereocenters. The van der Waals surface area contributed by atoms with Crippen molar-refractivity contribution >= 4 is 17.7 Å². The second-order valence-corrected chi connectivity index (χ2v) is 2.80. The van der Waals surface area contributed by atoms with Crippen molar-refractivity contribution in [2.75, 3.05) is 5.75 Å². The summed E-state index contributed by atoms with van der Waals surface area (Å²) in [5.74, 6) is 2.61. The molecule has 0 bridgehead atoms. The van der Waals surface area contributed by atoms with E-state index in [0.29, 0.717) is 6.42 Å². The fraction of sp³-hybridized carbons (Fsp3) is 0.571. The fourth-order valence-electron chi connectivity index (χ4n) is 0.450. The molecule has 0 aliphatic heterocycles. The Morgan fingerprint density at radius 2 is 2.30 bits per heavy atom. The molecule has 0 saturated carbocycles. The molecule has 0 N–H and O–H groups in total. The van der Waals surface area contributed by atoms with Crippen LogP contribution >= 0.6 is 11.8 Å². The van der Waals surface area contributed by atoms with Crippen molar-refractivity contribution in [3.8, 4) is 0 Å². The average Bonchev–Trinajstić information content (AvgIpc) is 1.89. The minimum absolute atomic E-state index is 0.156. The Morgan fingerprint density at radius 3 is 2.80 bits per heavy atom. The highest BCUT2D eigenvalue weighted by Gasteiger charge is 1.99. The lowest BCUT2D eigenvalue weighted by atomic mass is 10.5. The van der Waals surface area contributed by atoms with Gasteiger partial charge in [0.05, 0.1) is 6.42 Å². The van der Waals surface area contributed by atoms with Gasteiger partial charge in [-0.3, -0.25) is 4.79 Å². The van der Waals surface area contributed by atoms with Gasteiger partial charge >= 0.3 is 5.97 Å². The Kier molecular flexibility index (Phi) is 6.81. The SMILES string of the molecule is C[CH]OC(=O)CCS[CH]C. The molecule has 0 aromatic carbocycles. The van der Waals surface area contributed by atoms with Gasteiger partial charge in [0.1, 0.15) is 6.61 Å². The van der Waals surface area contributed by atoms with Crippen molar-refractivity contribution in [3.63, 3.8) is 0 Å². The van der Waals surface area contributed by atoms with E-state index in [2.05, 4.69) is 4.74 Å². The van der Waals surface area contributed by atoms with Crippen LogP contribution in [0.25, 0.3) is 0 Å². The van der Waals surface area contributed by atoms with Crippen molar-refractivity contribution in [3.05, 3.63) is 12.4 Å². The molecule has 3 heteroatoms. The molecule has 2 nitrogen and oxygen atoms in total. The van der Waals surface area contributed by atoms with Gasteiger partial charge in [-0.05, 0) is 6.92 Å². The zero-order valence-electron chi connectivity index (χ0n) is 6.29. The lowest BCUT2D eigenvalue weighted by Gasteiger charge is -1.98. The molecule has 0 aromatic rings. The Bertz CT molecular complexity index is 93.6. The molecular weight excluding hydrogens is 148 g/mol. The Balaban J connectivity index is 3.05. The molecule has 0 aromatic heterocycles. The van der Waals surface area contributed by atoms with Crippen LogP contribution in [0, 0.1) is 12.4 Å². The monoisotopic (exact) mass is 160 g/mol. The van der Waals surface area contributed by atoms with Gasteiger partial charge in [-0.15, -0.1) is 0 Å². The predicted octanol–water partition coefficient (Wildman–Crippen LogP) is 2.02. The summed E-state index contributed by atoms with van der Waals surface area (Å²) in [6, 6.07) is 0. The minimum atomic E-state index is -0.156. The van der Waals surface area contributed by atoms with E-state index >= 15 is 0 Å². The van der Waals surface area contributed by atoms with Crippen LogP contribution in [0.1, 0.15) is 20.3 Å². The molecule has 0 unspecified atom stereocenters. The molecule has 10 heavy (non-hydrogen) atoms. The van der Waals surface area contributed by atoms with Crippen molar-refractivity contribution in [2.24, 2.45) is 0 Å². The standard InChI is InChI=1S/C7H12O2S/c1-3-9-7(8)5-6-10-4-2/h3-4H,5-6H2,1-2H3. The third-order valence-electron chi connectivity index (χ3n) is 0.840. The van der Waals surface area contributed by atoms with Gasteiger partial charge < -0.3 is 4.74 Å². The van der Waals surface area contributed by atoms with E-state index in [1.54, 1.807) is 18.7 Å². The van der Waals surface area contributed by atoms with Crippen molar-refractivity contribution in [1.82, 2.24) is 0 Å². The highest BCUT2D eigenvalue weighted by Crippen LogP contribution is 2.05. The number of carbonyl (C=O) groups is 1. The normalized spacial score (nSPS) is 9.40. The molecular formula is C7H12O2S. The van der Waals surface area contributed by atoms with Crippen LogP contribution in [0.15, 0.2) is 0 Å². The summed E-state index contributed by atoms with van der Waals surface area (Å²) in [6.45, 7) is 5.04. The number of hydrogen-bond acceptors (Lipinski definition) is 3. The molecule has 0 fully saturated rings. The predicted molar refractivity (Wildman–Crippen MR) is 43.1 cm³/mol. The number of rotatable bonds is 5. The molecule has 0 amide bonds. The summed E-state index contributed by atoms with van der Waals surface area (Å²) >= 11 is 1.62. The molecule has 0 rings (SSSR count). The lowest BCUT2D eigenvalue weighted by Crippen LogP contribution is -2.01. The second-order valence-electron chi connectivity index (χ2n) is 1.58. The van der Waals surface area contributed by atoms with Gasteiger partial charge in [0, 0.05) is 11.5 Å². The molecule has 0 saturated heterocycles. The fourth-order valence-corrected chi connectivity index (χ4v) is 0.971. The summed E-state index contributed by atoms with van der Waals surface area (Å²) < 4.78 is 4.60. The van der Waals surface area contributed by atoms with Crippen molar-refractivity contribution < 1.29 is 9.53 Å². The van der Waals surface area contributed by atoms with Crippen LogP contribution in [0.2, 0.25) is 0 Å². The van der Waals surface area contributed by atoms with E-state index in [1.165, 1.54) is 6.61 Å². The third-order valence-corrected chi connectivity index (χ3v) is 1.61. The maximum atomic E-state index is 10.6. The summed E-state index contributed by atoms with van der Waals surface area (Å²) in [7, 11) is 0. The van der Waals surface area contributed by atoms with Gasteiger partial charge in [0.25, 0.3) is 0 Å². The van der Waals surface area contributed by atoms with E-state index in [0.717, 1.165) is 5.75 Å². The Labute approximate surface area is 66.3 Å². The summed E-state index contributed by atoms with van der Waals surface area (Å²) in [4.78, 5) is 10.6. The molecule has 58 valence electrons. The zero-order valence-corrected chi connectivity index (χ0v) is 7.11. The highest BCUT2D eigenvalue weighted by molar-refractivity contribution is 8.01. The molecule has 0 spiro atoms. The number of hydrogen-bond donors (Lipinski definition) is 0. The first-order valence-corrected chi connectivity index (χ1v) is 4.23. The first-order valence-electron chi connectivity index (χ1n) is 3.18. The van der Waals surface area contributed by atoms with E-state index in [4.69, 9.17) is 0 Å². The third kappa shape index (κ3) is 5.95. The van der Waals surface area contributed by atoms with Gasteiger partial charge in [-0.2, -0.15) is 11.8 Å². The largest absolute Gasteiger partial charge is 0.459 e. The smallest absolute Gasteiger partial charge is 0.307 e. The van der Waals surface area contributed by atoms with Crippen LogP contribution in [-0.4, -0.2) is 11.7 Å². The summed E-state index contributed by atoms with van der Waals surface area (Å²) in [6.07, 6.45) is 0.485. The van der Waals surface area contributed by atoms with Crippen molar-refractivity contribution in [1.29, 1.82) is 0 Å². The summed E-state index contributed by atoms with van der Waals surface area (Å²) in [5.41, 5.74) is 0. The Hall–Kier alpha value is -0.180. The minimum Gasteiger partial charge on any atom is -0.459 e. The number of thioether (sulfide) groups is 1. The maximum absolute atomic E-state index is 10.6. The van der Waals surface area contributed by atoms with Crippen LogP contribution in [0.3, 0.4) is 0 Å². The van der Waals surface area contributed by atoms with Crippen molar-refractivity contribution in [2.45, 2.75) is 20.3 Å². The van der Waals surface area contributed by atoms with E-state index in [-0.39, 0.29) is 5.97 Å². The molecule has 0 aliphatic rings. The quantitative estimate of drug-likeness (QED) is 0.454. The second kappa shape index (κ2) is 6.93.